The highest BCUT2D eigenvalue weighted by atomic mass is 79.9. The Balaban J connectivity index is 1.49. The minimum Gasteiger partial charge on any atom is -0.345 e. The van der Waals surface area contributed by atoms with Gasteiger partial charge in [-0.2, -0.15) is 0 Å². The molecule has 1 spiro atoms. The van der Waals surface area contributed by atoms with Crippen LogP contribution >= 0.6 is 15.9 Å². The molecule has 6 nitrogen and oxygen atoms in total. The second-order valence-electron chi connectivity index (χ2n) is 7.65. The van der Waals surface area contributed by atoms with Crippen molar-refractivity contribution < 1.29 is 14.4 Å². The molecule has 3 aliphatic rings. The van der Waals surface area contributed by atoms with Gasteiger partial charge in [0.1, 0.15) is 11.6 Å². The van der Waals surface area contributed by atoms with Crippen molar-refractivity contribution in [1.29, 1.82) is 0 Å². The fraction of sp³-hybridized carbons (Fsp3) is 0.526. The van der Waals surface area contributed by atoms with Crippen LogP contribution in [0.1, 0.15) is 51.0 Å². The molecule has 7 heteroatoms. The molecule has 1 unspecified atom stereocenters. The predicted molar refractivity (Wildman–Crippen MR) is 99.2 cm³/mol. The Bertz CT molecular complexity index is 767. The maximum atomic E-state index is 12.8. The molecule has 2 aliphatic carbocycles. The molecule has 1 aliphatic heterocycles. The molecule has 0 radical (unpaired) electrons. The van der Waals surface area contributed by atoms with Crippen molar-refractivity contribution >= 4 is 33.8 Å². The number of hydrogen-bond acceptors (Lipinski definition) is 3. The van der Waals surface area contributed by atoms with Gasteiger partial charge in [-0.15, -0.1) is 0 Å². The number of imide groups is 1. The summed E-state index contributed by atoms with van der Waals surface area (Å²) in [7, 11) is 0. The van der Waals surface area contributed by atoms with E-state index in [2.05, 4.69) is 26.6 Å². The first-order valence-electron chi connectivity index (χ1n) is 9.11. The average molecular weight is 420 g/mol. The van der Waals surface area contributed by atoms with E-state index in [1.165, 1.54) is 0 Å². The summed E-state index contributed by atoms with van der Waals surface area (Å²) in [5.74, 6) is -0.542. The third-order valence-corrected chi connectivity index (χ3v) is 6.45. The van der Waals surface area contributed by atoms with Crippen molar-refractivity contribution in [3.05, 3.63) is 34.3 Å². The zero-order chi connectivity index (χ0) is 18.5. The van der Waals surface area contributed by atoms with E-state index in [0.717, 1.165) is 40.6 Å². The highest BCUT2D eigenvalue weighted by Gasteiger charge is 2.55. The summed E-state index contributed by atoms with van der Waals surface area (Å²) in [6.07, 6.45) is 4.88. The first kappa shape index (κ1) is 17.5. The molecule has 2 N–H and O–H groups in total. The number of carbonyl (C=O) groups is 3. The van der Waals surface area contributed by atoms with Crippen LogP contribution in [0, 0.1) is 0 Å². The minimum atomic E-state index is -0.824. The molecule has 0 aromatic heterocycles. The third-order valence-electron chi connectivity index (χ3n) is 5.93. The maximum Gasteiger partial charge on any atom is 0.325 e. The standard InChI is InChI=1S/C19H22BrN3O3/c1-12(23-16(25)19(22-17(23)26)8-2-3-9-19)15(24)21-18(10-11-18)13-4-6-14(20)7-5-13/h4-7,12H,2-3,8-11H2,1H3,(H,21,24)(H,22,26). The zero-order valence-corrected chi connectivity index (χ0v) is 16.3. The molecule has 1 atom stereocenters. The molecule has 1 aromatic rings. The van der Waals surface area contributed by atoms with E-state index in [1.54, 1.807) is 6.92 Å². The second kappa shape index (κ2) is 6.08. The fourth-order valence-corrected chi connectivity index (χ4v) is 4.41. The molecule has 138 valence electrons. The van der Waals surface area contributed by atoms with Gasteiger partial charge < -0.3 is 10.6 Å². The first-order valence-corrected chi connectivity index (χ1v) is 9.90. The topological polar surface area (TPSA) is 78.5 Å². The van der Waals surface area contributed by atoms with Crippen molar-refractivity contribution in [2.24, 2.45) is 0 Å². The Morgan fingerprint density at radius 2 is 1.77 bits per heavy atom. The summed E-state index contributed by atoms with van der Waals surface area (Å²) >= 11 is 3.42. The van der Waals surface area contributed by atoms with Gasteiger partial charge in [0, 0.05) is 4.47 Å². The van der Waals surface area contributed by atoms with Crippen LogP contribution in [-0.4, -0.2) is 34.3 Å². The van der Waals surface area contributed by atoms with Gasteiger partial charge in [0.05, 0.1) is 5.54 Å². The first-order chi connectivity index (χ1) is 12.4. The van der Waals surface area contributed by atoms with E-state index < -0.39 is 17.6 Å². The monoisotopic (exact) mass is 419 g/mol. The Morgan fingerprint density at radius 1 is 1.15 bits per heavy atom. The van der Waals surface area contributed by atoms with Crippen LogP contribution in [0.3, 0.4) is 0 Å². The van der Waals surface area contributed by atoms with Crippen LogP contribution in [0.25, 0.3) is 0 Å². The van der Waals surface area contributed by atoms with Gasteiger partial charge in [0.25, 0.3) is 5.91 Å². The summed E-state index contributed by atoms with van der Waals surface area (Å²) in [6.45, 7) is 1.62. The lowest BCUT2D eigenvalue weighted by Gasteiger charge is -2.26. The van der Waals surface area contributed by atoms with Crippen molar-refractivity contribution in [3.8, 4) is 0 Å². The second-order valence-corrected chi connectivity index (χ2v) is 8.56. The lowest BCUT2D eigenvalue weighted by atomic mass is 9.97. The molecule has 4 amide bonds. The van der Waals surface area contributed by atoms with Gasteiger partial charge in [-0.3, -0.25) is 9.59 Å². The van der Waals surface area contributed by atoms with E-state index in [1.807, 2.05) is 24.3 Å². The summed E-state index contributed by atoms with van der Waals surface area (Å²) in [5, 5.41) is 5.91. The molecule has 1 saturated heterocycles. The molecule has 3 fully saturated rings. The predicted octanol–water partition coefficient (Wildman–Crippen LogP) is 2.81. The molecular weight excluding hydrogens is 398 g/mol. The fourth-order valence-electron chi connectivity index (χ4n) is 4.15. The highest BCUT2D eigenvalue weighted by Crippen LogP contribution is 2.46. The zero-order valence-electron chi connectivity index (χ0n) is 14.7. The van der Waals surface area contributed by atoms with Gasteiger partial charge in [0.15, 0.2) is 0 Å². The lowest BCUT2D eigenvalue weighted by molar-refractivity contribution is -0.138. The molecule has 26 heavy (non-hydrogen) atoms. The van der Waals surface area contributed by atoms with Crippen LogP contribution in [0.4, 0.5) is 4.79 Å². The minimum absolute atomic E-state index is 0.254. The van der Waals surface area contributed by atoms with Gasteiger partial charge in [-0.05, 0) is 50.3 Å². The molecule has 0 bridgehead atoms. The SMILES string of the molecule is CC(C(=O)NC1(c2ccc(Br)cc2)CC1)N1C(=O)NC2(CCCC2)C1=O. The van der Waals surface area contributed by atoms with Crippen LogP contribution in [0.15, 0.2) is 28.7 Å². The number of nitrogens with zero attached hydrogens (tertiary/aromatic N) is 1. The smallest absolute Gasteiger partial charge is 0.325 e. The number of benzene rings is 1. The Labute approximate surface area is 160 Å². The summed E-state index contributed by atoms with van der Waals surface area (Å²) in [5.41, 5.74) is -0.115. The van der Waals surface area contributed by atoms with Gasteiger partial charge in [0.2, 0.25) is 5.91 Å². The summed E-state index contributed by atoms with van der Waals surface area (Å²) in [4.78, 5) is 39.2. The van der Waals surface area contributed by atoms with Crippen molar-refractivity contribution in [1.82, 2.24) is 15.5 Å². The Kier molecular flexibility index (Phi) is 4.10. The number of nitrogens with one attached hydrogen (secondary N) is 2. The van der Waals surface area contributed by atoms with E-state index in [4.69, 9.17) is 0 Å². The van der Waals surface area contributed by atoms with Crippen LogP contribution in [0.2, 0.25) is 0 Å². The van der Waals surface area contributed by atoms with E-state index in [0.29, 0.717) is 12.8 Å². The van der Waals surface area contributed by atoms with Crippen molar-refractivity contribution in [2.45, 2.75) is 62.6 Å². The average Bonchev–Trinajstić information content (AvgIpc) is 3.15. The van der Waals surface area contributed by atoms with Crippen molar-refractivity contribution in [3.63, 3.8) is 0 Å². The van der Waals surface area contributed by atoms with E-state index >= 15 is 0 Å². The Hall–Kier alpha value is -1.89. The van der Waals surface area contributed by atoms with Crippen LogP contribution in [0.5, 0.6) is 0 Å². The number of urea groups is 1. The summed E-state index contributed by atoms with van der Waals surface area (Å²) in [6, 6.07) is 6.61. The molecule has 2 saturated carbocycles. The van der Waals surface area contributed by atoms with Gasteiger partial charge >= 0.3 is 6.03 Å². The number of hydrogen-bond donors (Lipinski definition) is 2. The highest BCUT2D eigenvalue weighted by molar-refractivity contribution is 9.10. The maximum absolute atomic E-state index is 12.8. The van der Waals surface area contributed by atoms with Gasteiger partial charge in [-0.1, -0.05) is 40.9 Å². The Morgan fingerprint density at radius 3 is 2.35 bits per heavy atom. The molecular formula is C19H22BrN3O3. The molecule has 1 aromatic carbocycles. The number of amides is 4. The lowest BCUT2D eigenvalue weighted by Crippen LogP contribution is -2.51. The van der Waals surface area contributed by atoms with Crippen molar-refractivity contribution in [2.75, 3.05) is 0 Å². The number of carbonyl (C=O) groups excluding carboxylic acids is 3. The normalized spacial score (nSPS) is 23.8. The largest absolute Gasteiger partial charge is 0.345 e. The van der Waals surface area contributed by atoms with Crippen LogP contribution in [-0.2, 0) is 15.1 Å². The number of rotatable bonds is 4. The quantitative estimate of drug-likeness (QED) is 0.736. The van der Waals surface area contributed by atoms with E-state index in [9.17, 15) is 14.4 Å². The molecule has 4 rings (SSSR count). The third kappa shape index (κ3) is 2.73. The number of halogens is 1. The van der Waals surface area contributed by atoms with E-state index in [-0.39, 0.29) is 17.4 Å². The van der Waals surface area contributed by atoms with Gasteiger partial charge in [-0.25, -0.2) is 9.69 Å². The van der Waals surface area contributed by atoms with Crippen LogP contribution < -0.4 is 10.6 Å². The summed E-state index contributed by atoms with van der Waals surface area (Å²) < 4.78 is 0.984. The molecule has 1 heterocycles.